The van der Waals surface area contributed by atoms with E-state index >= 15 is 0 Å². The number of hydrogen-bond donors (Lipinski definition) is 9. The SMILES string of the molecule is NC(=O)CC(N)C(=O)NC(CCC(=O)O)C(=O)NC(CCCN=C(N)N)C(=O)NC(Cc1ccccc1)C(=O)O. The van der Waals surface area contributed by atoms with Crippen LogP contribution in [-0.4, -0.2) is 82.5 Å². The fraction of sp³-hybridized carbons (Fsp3) is 0.458. The minimum atomic E-state index is -1.45. The number of amides is 4. The number of primary amides is 1. The summed E-state index contributed by atoms with van der Waals surface area (Å²) in [4.78, 5) is 76.4. The fourth-order valence-electron chi connectivity index (χ4n) is 3.49. The van der Waals surface area contributed by atoms with Crippen LogP contribution in [0, 0.1) is 0 Å². The van der Waals surface area contributed by atoms with E-state index in [0.717, 1.165) is 0 Å². The molecule has 0 aliphatic carbocycles. The molecular weight excluding hydrogens is 528 g/mol. The first-order valence-corrected chi connectivity index (χ1v) is 12.3. The van der Waals surface area contributed by atoms with Crippen LogP contribution < -0.4 is 38.9 Å². The Morgan fingerprint density at radius 3 is 1.88 bits per heavy atom. The molecule has 0 saturated carbocycles. The number of nitrogens with one attached hydrogen (secondary N) is 3. The smallest absolute Gasteiger partial charge is 0.326 e. The van der Waals surface area contributed by atoms with Crippen molar-refractivity contribution in [2.45, 2.75) is 62.7 Å². The van der Waals surface area contributed by atoms with E-state index in [1.807, 2.05) is 0 Å². The van der Waals surface area contributed by atoms with Gasteiger partial charge in [0, 0.05) is 19.4 Å². The summed E-state index contributed by atoms with van der Waals surface area (Å²) in [6.07, 6.45) is -1.29. The molecule has 0 aromatic heterocycles. The van der Waals surface area contributed by atoms with E-state index in [1.54, 1.807) is 30.3 Å². The molecule has 0 aliphatic heterocycles. The molecule has 16 heteroatoms. The highest BCUT2D eigenvalue weighted by molar-refractivity contribution is 5.95. The Labute approximate surface area is 229 Å². The minimum Gasteiger partial charge on any atom is -0.481 e. The lowest BCUT2D eigenvalue weighted by atomic mass is 10.0. The van der Waals surface area contributed by atoms with Crippen LogP contribution in [0.15, 0.2) is 35.3 Å². The molecule has 4 atom stereocenters. The zero-order chi connectivity index (χ0) is 30.2. The van der Waals surface area contributed by atoms with E-state index in [1.165, 1.54) is 0 Å². The summed E-state index contributed by atoms with van der Waals surface area (Å²) in [5, 5.41) is 25.8. The van der Waals surface area contributed by atoms with Gasteiger partial charge in [0.1, 0.15) is 18.1 Å². The molecule has 13 N–H and O–H groups in total. The summed E-state index contributed by atoms with van der Waals surface area (Å²) in [5.41, 5.74) is 21.9. The first-order chi connectivity index (χ1) is 18.8. The normalized spacial score (nSPS) is 13.5. The predicted molar refractivity (Wildman–Crippen MR) is 142 cm³/mol. The predicted octanol–water partition coefficient (Wildman–Crippen LogP) is -3.11. The van der Waals surface area contributed by atoms with Gasteiger partial charge in [-0.2, -0.15) is 0 Å². The van der Waals surface area contributed by atoms with Gasteiger partial charge >= 0.3 is 11.9 Å². The highest BCUT2D eigenvalue weighted by atomic mass is 16.4. The summed E-state index contributed by atoms with van der Waals surface area (Å²) in [6.45, 7) is 0.0928. The number of nitrogens with zero attached hydrogens (tertiary/aromatic N) is 1. The lowest BCUT2D eigenvalue weighted by Crippen LogP contribution is -2.57. The minimum absolute atomic E-state index is 0.0349. The van der Waals surface area contributed by atoms with Crippen molar-refractivity contribution in [2.75, 3.05) is 6.54 Å². The molecule has 1 rings (SSSR count). The van der Waals surface area contributed by atoms with Gasteiger partial charge in [0.25, 0.3) is 0 Å². The standard InChI is InChI=1S/C24H36N8O8/c25-14(12-18(26)33)20(36)30-16(8-9-19(34)35)22(38)31-15(7-4-10-29-24(27)28)21(37)32-17(23(39)40)11-13-5-2-1-3-6-13/h1-3,5-6,14-17H,4,7-12,25H2,(H2,26,33)(H,30,36)(H,31,38)(H,32,37)(H,34,35)(H,39,40)(H4,27,28,29). The van der Waals surface area contributed by atoms with Gasteiger partial charge in [0.05, 0.1) is 12.5 Å². The Morgan fingerprint density at radius 1 is 0.800 bits per heavy atom. The number of benzene rings is 1. The van der Waals surface area contributed by atoms with Crippen LogP contribution in [0.4, 0.5) is 0 Å². The zero-order valence-corrected chi connectivity index (χ0v) is 21.7. The Balaban J connectivity index is 3.10. The summed E-state index contributed by atoms with van der Waals surface area (Å²) in [7, 11) is 0. The van der Waals surface area contributed by atoms with Gasteiger partial charge in [-0.25, -0.2) is 4.79 Å². The molecule has 4 unspecified atom stereocenters. The Hall–Kier alpha value is -4.73. The maximum atomic E-state index is 13.1. The zero-order valence-electron chi connectivity index (χ0n) is 21.7. The van der Waals surface area contributed by atoms with E-state index in [4.69, 9.17) is 28.0 Å². The topological polar surface area (TPSA) is 295 Å². The van der Waals surface area contributed by atoms with Gasteiger partial charge in [-0.15, -0.1) is 0 Å². The van der Waals surface area contributed by atoms with Crippen molar-refractivity contribution in [3.8, 4) is 0 Å². The second-order valence-corrected chi connectivity index (χ2v) is 8.87. The molecule has 16 nitrogen and oxygen atoms in total. The van der Waals surface area contributed by atoms with Crippen molar-refractivity contribution in [3.63, 3.8) is 0 Å². The third kappa shape index (κ3) is 13.2. The number of aliphatic carboxylic acids is 2. The molecular formula is C24H36N8O8. The number of nitrogens with two attached hydrogens (primary N) is 4. The van der Waals surface area contributed by atoms with Crippen molar-refractivity contribution in [1.82, 2.24) is 16.0 Å². The van der Waals surface area contributed by atoms with Crippen LogP contribution in [0.5, 0.6) is 0 Å². The number of carboxylic acids is 2. The summed E-state index contributed by atoms with van der Waals surface area (Å²) in [6, 6.07) is 3.07. The molecule has 0 spiro atoms. The molecule has 40 heavy (non-hydrogen) atoms. The second-order valence-electron chi connectivity index (χ2n) is 8.87. The molecule has 4 amide bonds. The lowest BCUT2D eigenvalue weighted by molar-refractivity contribution is -0.142. The highest BCUT2D eigenvalue weighted by Crippen LogP contribution is 2.07. The largest absolute Gasteiger partial charge is 0.481 e. The van der Waals surface area contributed by atoms with E-state index < -0.39 is 72.6 Å². The average molecular weight is 565 g/mol. The molecule has 0 heterocycles. The van der Waals surface area contributed by atoms with Crippen LogP contribution in [0.3, 0.4) is 0 Å². The van der Waals surface area contributed by atoms with E-state index in [0.29, 0.717) is 5.56 Å². The second kappa shape index (κ2) is 17.0. The number of hydrogen-bond acceptors (Lipinski definition) is 8. The first kappa shape index (κ1) is 33.3. The van der Waals surface area contributed by atoms with Crippen molar-refractivity contribution in [1.29, 1.82) is 0 Å². The van der Waals surface area contributed by atoms with Crippen molar-refractivity contribution in [3.05, 3.63) is 35.9 Å². The Kier molecular flexibility index (Phi) is 14.1. The van der Waals surface area contributed by atoms with Crippen LogP contribution in [0.1, 0.15) is 37.7 Å². The van der Waals surface area contributed by atoms with E-state index in [2.05, 4.69) is 20.9 Å². The van der Waals surface area contributed by atoms with E-state index in [-0.39, 0.29) is 38.2 Å². The number of carbonyl (C=O) groups is 6. The van der Waals surface area contributed by atoms with Gasteiger partial charge in [-0.1, -0.05) is 30.3 Å². The van der Waals surface area contributed by atoms with Gasteiger partial charge in [0.15, 0.2) is 5.96 Å². The Morgan fingerprint density at radius 2 is 1.35 bits per heavy atom. The Bertz CT molecular complexity index is 1080. The summed E-state index contributed by atoms with van der Waals surface area (Å²) < 4.78 is 0. The molecule has 1 aromatic carbocycles. The average Bonchev–Trinajstić information content (AvgIpc) is 2.87. The quantitative estimate of drug-likeness (QED) is 0.0488. The number of rotatable bonds is 18. The summed E-state index contributed by atoms with van der Waals surface area (Å²) in [5.74, 6) is -6.33. The molecule has 0 fully saturated rings. The molecule has 0 radical (unpaired) electrons. The maximum absolute atomic E-state index is 13.1. The highest BCUT2D eigenvalue weighted by Gasteiger charge is 2.30. The number of aliphatic imine (C=N–C) groups is 1. The van der Waals surface area contributed by atoms with Crippen LogP contribution in [-0.2, 0) is 35.2 Å². The van der Waals surface area contributed by atoms with Gasteiger partial charge in [0.2, 0.25) is 23.6 Å². The van der Waals surface area contributed by atoms with E-state index in [9.17, 15) is 33.9 Å². The maximum Gasteiger partial charge on any atom is 0.326 e. The number of carboxylic acid groups (broad SMARTS) is 2. The molecule has 220 valence electrons. The van der Waals surface area contributed by atoms with Crippen LogP contribution >= 0.6 is 0 Å². The first-order valence-electron chi connectivity index (χ1n) is 12.3. The third-order valence-electron chi connectivity index (χ3n) is 5.51. The van der Waals surface area contributed by atoms with Crippen molar-refractivity contribution >= 4 is 41.5 Å². The van der Waals surface area contributed by atoms with Gasteiger partial charge in [-0.3, -0.25) is 29.0 Å². The number of guanidine groups is 1. The molecule has 0 aliphatic rings. The van der Waals surface area contributed by atoms with Crippen molar-refractivity contribution < 1.29 is 39.0 Å². The fourth-order valence-corrected chi connectivity index (χ4v) is 3.49. The third-order valence-corrected chi connectivity index (χ3v) is 5.51. The summed E-state index contributed by atoms with van der Waals surface area (Å²) >= 11 is 0. The van der Waals surface area contributed by atoms with Crippen molar-refractivity contribution in [2.24, 2.45) is 27.9 Å². The monoisotopic (exact) mass is 564 g/mol. The lowest BCUT2D eigenvalue weighted by Gasteiger charge is -2.25. The molecule has 0 bridgehead atoms. The number of carbonyl (C=O) groups excluding carboxylic acids is 4. The van der Waals surface area contributed by atoms with Crippen LogP contribution in [0.25, 0.3) is 0 Å². The molecule has 1 aromatic rings. The van der Waals surface area contributed by atoms with Crippen LogP contribution in [0.2, 0.25) is 0 Å². The molecule has 0 saturated heterocycles. The van der Waals surface area contributed by atoms with Gasteiger partial charge < -0.3 is 49.1 Å². The van der Waals surface area contributed by atoms with Gasteiger partial charge in [-0.05, 0) is 24.8 Å².